The Bertz CT molecular complexity index is 2140. The Morgan fingerprint density at radius 1 is 0.436 bits per heavy atom. The lowest BCUT2D eigenvalue weighted by molar-refractivity contribution is 0.111. The third-order valence-corrected chi connectivity index (χ3v) is 12.8. The zero-order valence-corrected chi connectivity index (χ0v) is 33.8. The number of unbranched alkanes of at least 4 members (excludes halogenated alkanes) is 6. The average Bonchev–Trinajstić information content (AvgIpc) is 4.07. The normalized spacial score (nSPS) is 11.2. The molecule has 7 rings (SSSR count). The summed E-state index contributed by atoms with van der Waals surface area (Å²) >= 11 is 4.73. The zero-order chi connectivity index (χ0) is 38.0. The van der Waals surface area contributed by atoms with E-state index in [4.69, 9.17) is 9.47 Å². The second-order valence-corrected chi connectivity index (χ2v) is 16.8. The number of hydrogen-bond donors (Lipinski definition) is 0. The fourth-order valence-electron chi connectivity index (χ4n) is 6.74. The first-order valence-corrected chi connectivity index (χ1v) is 21.7. The standard InChI is InChI=1S/C46H46N2O4S3/c1-3-5-7-9-29-51-35-15-11-33(12-16-35)47-39(43-25-19-37(31-49)53-43)21-23-41(47)45-27-28-46(55-45)42-24-22-40(44-26-20-38(32-50)54-44)48(42)34-13-17-36(18-14-34)52-30-10-8-6-4-2/h11-28,31-32H,3-10,29-30H2,1-2H3. The Hall–Kier alpha value is -4.96. The van der Waals surface area contributed by atoms with Gasteiger partial charge < -0.3 is 18.6 Å². The number of carbonyl (C=O) groups is 2. The van der Waals surface area contributed by atoms with Gasteiger partial charge in [-0.3, -0.25) is 9.59 Å². The number of aromatic nitrogens is 2. The van der Waals surface area contributed by atoms with Crippen LogP contribution < -0.4 is 9.47 Å². The molecule has 0 radical (unpaired) electrons. The molecule has 0 amide bonds. The minimum atomic E-state index is 0.698. The Kier molecular flexibility index (Phi) is 12.9. The molecule has 0 bridgehead atoms. The highest BCUT2D eigenvalue weighted by Gasteiger charge is 2.20. The van der Waals surface area contributed by atoms with E-state index in [2.05, 4.69) is 83.6 Å². The van der Waals surface area contributed by atoms with Gasteiger partial charge >= 0.3 is 0 Å². The molecule has 0 aliphatic carbocycles. The summed E-state index contributed by atoms with van der Waals surface area (Å²) in [5.74, 6) is 1.73. The van der Waals surface area contributed by atoms with Crippen LogP contribution in [0.15, 0.2) is 109 Å². The maximum absolute atomic E-state index is 11.6. The summed E-state index contributed by atoms with van der Waals surface area (Å²) in [7, 11) is 0. The highest BCUT2D eigenvalue weighted by molar-refractivity contribution is 7.19. The van der Waals surface area contributed by atoms with Crippen molar-refractivity contribution in [1.29, 1.82) is 0 Å². The van der Waals surface area contributed by atoms with E-state index in [-0.39, 0.29) is 0 Å². The quantitative estimate of drug-likeness (QED) is 0.0570. The third kappa shape index (κ3) is 8.96. The minimum Gasteiger partial charge on any atom is -0.494 e. The van der Waals surface area contributed by atoms with Crippen LogP contribution in [-0.2, 0) is 0 Å². The molecule has 55 heavy (non-hydrogen) atoms. The maximum Gasteiger partial charge on any atom is 0.160 e. The first-order valence-electron chi connectivity index (χ1n) is 19.2. The van der Waals surface area contributed by atoms with Crippen LogP contribution in [0.3, 0.4) is 0 Å². The second-order valence-electron chi connectivity index (χ2n) is 13.5. The largest absolute Gasteiger partial charge is 0.494 e. The van der Waals surface area contributed by atoms with E-state index in [0.717, 1.165) is 90.6 Å². The van der Waals surface area contributed by atoms with Gasteiger partial charge in [-0.2, -0.15) is 0 Å². The van der Waals surface area contributed by atoms with Crippen LogP contribution in [0.5, 0.6) is 11.5 Å². The van der Waals surface area contributed by atoms with Crippen molar-refractivity contribution in [1.82, 2.24) is 9.13 Å². The van der Waals surface area contributed by atoms with Crippen LogP contribution in [0.1, 0.15) is 84.6 Å². The smallest absolute Gasteiger partial charge is 0.160 e. The predicted molar refractivity (Wildman–Crippen MR) is 231 cm³/mol. The van der Waals surface area contributed by atoms with Crippen molar-refractivity contribution in [3.8, 4) is 65.2 Å². The van der Waals surface area contributed by atoms with E-state index >= 15 is 0 Å². The van der Waals surface area contributed by atoms with Gasteiger partial charge in [-0.15, -0.1) is 34.0 Å². The lowest BCUT2D eigenvalue weighted by atomic mass is 10.2. The second kappa shape index (κ2) is 18.6. The SMILES string of the molecule is CCCCCCOc1ccc(-n2c(-c3ccc(C=O)s3)ccc2-c2ccc(-c3ccc(-c4ccc(C=O)s4)n3-c3ccc(OCCCCCC)cc3)s2)cc1. The molecule has 9 heteroatoms. The van der Waals surface area contributed by atoms with Crippen LogP contribution in [0.25, 0.3) is 53.7 Å². The molecule has 7 aromatic rings. The zero-order valence-electron chi connectivity index (χ0n) is 31.4. The topological polar surface area (TPSA) is 62.5 Å². The monoisotopic (exact) mass is 786 g/mol. The molecular formula is C46H46N2O4S3. The molecule has 6 nitrogen and oxygen atoms in total. The van der Waals surface area contributed by atoms with Crippen molar-refractivity contribution in [3.05, 3.63) is 119 Å². The molecule has 5 heterocycles. The fraction of sp³-hybridized carbons (Fsp3) is 0.261. The third-order valence-electron chi connectivity index (χ3n) is 9.59. The summed E-state index contributed by atoms with van der Waals surface area (Å²) in [6.45, 7) is 5.86. The summed E-state index contributed by atoms with van der Waals surface area (Å²) in [6.07, 6.45) is 11.2. The lowest BCUT2D eigenvalue weighted by Gasteiger charge is -2.14. The van der Waals surface area contributed by atoms with E-state index in [1.54, 1.807) is 11.3 Å². The fourth-order valence-corrected chi connectivity index (χ4v) is 9.45. The van der Waals surface area contributed by atoms with E-state index in [1.807, 2.05) is 48.5 Å². The number of nitrogens with zero attached hydrogens (tertiary/aromatic N) is 2. The highest BCUT2D eigenvalue weighted by Crippen LogP contribution is 2.43. The van der Waals surface area contributed by atoms with Crippen LogP contribution in [0.4, 0.5) is 0 Å². The molecule has 0 fully saturated rings. The molecule has 0 unspecified atom stereocenters. The van der Waals surface area contributed by atoms with Crippen LogP contribution in [0.2, 0.25) is 0 Å². The number of thiophene rings is 3. The molecule has 0 aliphatic rings. The van der Waals surface area contributed by atoms with Gasteiger partial charge in [0.05, 0.1) is 65.3 Å². The van der Waals surface area contributed by atoms with Gasteiger partial charge in [0.25, 0.3) is 0 Å². The van der Waals surface area contributed by atoms with Crippen LogP contribution >= 0.6 is 34.0 Å². The Balaban J connectivity index is 1.23. The van der Waals surface area contributed by atoms with Crippen molar-refractivity contribution in [2.75, 3.05) is 13.2 Å². The van der Waals surface area contributed by atoms with Crippen molar-refractivity contribution >= 4 is 46.6 Å². The molecule has 2 aromatic carbocycles. The van der Waals surface area contributed by atoms with Gasteiger partial charge in [0.1, 0.15) is 11.5 Å². The van der Waals surface area contributed by atoms with E-state index in [0.29, 0.717) is 23.0 Å². The molecule has 0 aliphatic heterocycles. The maximum atomic E-state index is 11.6. The predicted octanol–water partition coefficient (Wildman–Crippen LogP) is 13.7. The number of aldehydes is 2. The first kappa shape index (κ1) is 38.3. The van der Waals surface area contributed by atoms with Crippen LogP contribution in [-0.4, -0.2) is 34.9 Å². The van der Waals surface area contributed by atoms with Crippen molar-refractivity contribution in [2.45, 2.75) is 65.2 Å². The van der Waals surface area contributed by atoms with Gasteiger partial charge in [0.15, 0.2) is 12.6 Å². The number of carbonyl (C=O) groups excluding carboxylic acids is 2. The molecule has 282 valence electrons. The molecule has 0 saturated carbocycles. The lowest BCUT2D eigenvalue weighted by Crippen LogP contribution is -2.00. The van der Waals surface area contributed by atoms with Gasteiger partial charge in [0.2, 0.25) is 0 Å². The average molecular weight is 787 g/mol. The minimum absolute atomic E-state index is 0.698. The number of ether oxygens (including phenoxy) is 2. The summed E-state index contributed by atoms with van der Waals surface area (Å²) in [4.78, 5) is 29.0. The van der Waals surface area contributed by atoms with Crippen LogP contribution in [0, 0.1) is 0 Å². The van der Waals surface area contributed by atoms with Crippen molar-refractivity contribution in [3.63, 3.8) is 0 Å². The van der Waals surface area contributed by atoms with Crippen molar-refractivity contribution in [2.24, 2.45) is 0 Å². The van der Waals surface area contributed by atoms with Gasteiger partial charge in [-0.25, -0.2) is 0 Å². The Labute approximate surface area is 335 Å². The van der Waals surface area contributed by atoms with E-state index < -0.39 is 0 Å². The molecular weight excluding hydrogens is 741 g/mol. The molecule has 0 spiro atoms. The molecule has 0 atom stereocenters. The number of benzene rings is 2. The van der Waals surface area contributed by atoms with Gasteiger partial charge in [-0.05, 0) is 122 Å². The molecule has 0 N–H and O–H groups in total. The molecule has 5 aromatic heterocycles. The number of rotatable bonds is 20. The molecule has 0 saturated heterocycles. The highest BCUT2D eigenvalue weighted by atomic mass is 32.1. The summed E-state index contributed by atoms with van der Waals surface area (Å²) in [5, 5.41) is 0. The van der Waals surface area contributed by atoms with Gasteiger partial charge in [-0.1, -0.05) is 52.4 Å². The summed E-state index contributed by atoms with van der Waals surface area (Å²) in [5.41, 5.74) is 6.22. The summed E-state index contributed by atoms with van der Waals surface area (Å²) in [6, 6.07) is 37.5. The van der Waals surface area contributed by atoms with E-state index in [1.165, 1.54) is 61.2 Å². The number of hydrogen-bond acceptors (Lipinski definition) is 7. The Morgan fingerprint density at radius 3 is 1.15 bits per heavy atom. The first-order chi connectivity index (χ1) is 27.1. The van der Waals surface area contributed by atoms with E-state index in [9.17, 15) is 9.59 Å². The van der Waals surface area contributed by atoms with Gasteiger partial charge in [0, 0.05) is 11.4 Å². The Morgan fingerprint density at radius 2 is 0.800 bits per heavy atom. The summed E-state index contributed by atoms with van der Waals surface area (Å²) < 4.78 is 16.7. The van der Waals surface area contributed by atoms with Crippen molar-refractivity contribution < 1.29 is 19.1 Å².